The van der Waals surface area contributed by atoms with Crippen molar-refractivity contribution in [3.63, 3.8) is 0 Å². The van der Waals surface area contributed by atoms with E-state index < -0.39 is 16.0 Å². The number of sulfonamides is 1. The highest BCUT2D eigenvalue weighted by molar-refractivity contribution is 7.92. The average Bonchev–Trinajstić information content (AvgIpc) is 3.08. The van der Waals surface area contributed by atoms with Gasteiger partial charge < -0.3 is 14.2 Å². The Kier molecular flexibility index (Phi) is 6.45. The van der Waals surface area contributed by atoms with E-state index in [-0.39, 0.29) is 22.9 Å². The fraction of sp³-hybridized carbons (Fsp3) is 0.375. The van der Waals surface area contributed by atoms with E-state index >= 15 is 0 Å². The quantitative estimate of drug-likeness (QED) is 0.637. The number of nitrogens with one attached hydrogen (secondary N) is 2. The van der Waals surface area contributed by atoms with Crippen molar-refractivity contribution < 1.29 is 27.4 Å². The van der Waals surface area contributed by atoms with E-state index in [9.17, 15) is 13.2 Å². The van der Waals surface area contributed by atoms with Crippen LogP contribution in [0, 0.1) is 0 Å². The molecule has 0 spiro atoms. The zero-order valence-corrected chi connectivity index (χ0v) is 15.6. The maximum Gasteiger partial charge on any atom is 0.342 e. The summed E-state index contributed by atoms with van der Waals surface area (Å²) in [4.78, 5) is 11.9. The Morgan fingerprint density at radius 1 is 1.15 bits per heavy atom. The van der Waals surface area contributed by atoms with Crippen LogP contribution in [-0.2, 0) is 14.8 Å². The average molecular weight is 383 g/mol. The van der Waals surface area contributed by atoms with Gasteiger partial charge in [0.05, 0.1) is 31.7 Å². The number of esters is 1. The third kappa shape index (κ3) is 4.45. The molecule has 0 saturated carbocycles. The van der Waals surface area contributed by atoms with Crippen LogP contribution in [0.4, 0.5) is 5.69 Å². The Morgan fingerprint density at radius 3 is 2.54 bits per heavy atom. The molecule has 2 rings (SSSR count). The molecule has 0 aliphatic carbocycles. The van der Waals surface area contributed by atoms with E-state index in [1.807, 2.05) is 6.92 Å². The molecule has 0 aliphatic rings. The number of H-pyrrole nitrogens is 1. The van der Waals surface area contributed by atoms with Gasteiger partial charge in [0.2, 0.25) is 0 Å². The van der Waals surface area contributed by atoms with Crippen molar-refractivity contribution in [2.45, 2.75) is 25.8 Å². The lowest BCUT2D eigenvalue weighted by Gasteiger charge is -2.14. The predicted molar refractivity (Wildman–Crippen MR) is 94.1 cm³/mol. The van der Waals surface area contributed by atoms with E-state index in [0.29, 0.717) is 24.7 Å². The second kappa shape index (κ2) is 8.56. The van der Waals surface area contributed by atoms with Crippen molar-refractivity contribution in [3.8, 4) is 11.5 Å². The first-order chi connectivity index (χ1) is 12.4. The number of anilines is 1. The summed E-state index contributed by atoms with van der Waals surface area (Å²) in [5.41, 5.74) is 0.000446. The molecule has 1 heterocycles. The van der Waals surface area contributed by atoms with Crippen LogP contribution in [0.25, 0.3) is 0 Å². The zero-order chi connectivity index (χ0) is 19.2. The van der Waals surface area contributed by atoms with Gasteiger partial charge in [0.25, 0.3) is 10.0 Å². The standard InChI is InChI=1S/C16H21N3O6S/c1-4-23-11-7-8-14(24-5-2)13(9-11)19-26(21,22)15-12(10-17-18-15)16(20)25-6-3/h7-10,19H,4-6H2,1-3H3,(H,17,18). The van der Waals surface area contributed by atoms with E-state index in [1.165, 1.54) is 6.07 Å². The molecule has 0 fully saturated rings. The maximum atomic E-state index is 12.7. The van der Waals surface area contributed by atoms with Crippen molar-refractivity contribution in [2.75, 3.05) is 24.5 Å². The summed E-state index contributed by atoms with van der Waals surface area (Å²) in [6, 6.07) is 4.78. The Hall–Kier alpha value is -2.75. The van der Waals surface area contributed by atoms with E-state index in [2.05, 4.69) is 14.9 Å². The van der Waals surface area contributed by atoms with Gasteiger partial charge in [-0.25, -0.2) is 4.79 Å². The number of nitrogens with zero attached hydrogens (tertiary/aromatic N) is 1. The van der Waals surface area contributed by atoms with Crippen molar-refractivity contribution in [3.05, 3.63) is 30.0 Å². The molecule has 2 aromatic rings. The summed E-state index contributed by atoms with van der Waals surface area (Å²) in [5.74, 6) is 0.0235. The molecule has 0 amide bonds. The second-order valence-corrected chi connectivity index (χ2v) is 6.58. The van der Waals surface area contributed by atoms with Crippen LogP contribution < -0.4 is 14.2 Å². The number of hydrogen-bond acceptors (Lipinski definition) is 7. The smallest absolute Gasteiger partial charge is 0.342 e. The van der Waals surface area contributed by atoms with E-state index in [0.717, 1.165) is 6.20 Å². The number of aromatic nitrogens is 2. The van der Waals surface area contributed by atoms with Crippen LogP contribution in [0.15, 0.2) is 29.4 Å². The lowest BCUT2D eigenvalue weighted by Crippen LogP contribution is -2.18. The van der Waals surface area contributed by atoms with Gasteiger partial charge in [-0.1, -0.05) is 0 Å². The van der Waals surface area contributed by atoms with Crippen molar-refractivity contribution >= 4 is 21.7 Å². The van der Waals surface area contributed by atoms with Gasteiger partial charge in [0.1, 0.15) is 17.1 Å². The highest BCUT2D eigenvalue weighted by atomic mass is 32.2. The third-order valence-corrected chi connectivity index (χ3v) is 4.51. The summed E-state index contributed by atoms with van der Waals surface area (Å²) in [5, 5.41) is 5.57. The molecule has 0 radical (unpaired) electrons. The molecule has 0 unspecified atom stereocenters. The van der Waals surface area contributed by atoms with Gasteiger partial charge in [-0.2, -0.15) is 13.5 Å². The normalized spacial score (nSPS) is 11.0. The topological polar surface area (TPSA) is 120 Å². The van der Waals surface area contributed by atoms with Crippen LogP contribution in [0.3, 0.4) is 0 Å². The molecule has 2 N–H and O–H groups in total. The zero-order valence-electron chi connectivity index (χ0n) is 14.7. The third-order valence-electron chi connectivity index (χ3n) is 3.17. The fourth-order valence-electron chi connectivity index (χ4n) is 2.16. The molecule has 9 nitrogen and oxygen atoms in total. The molecule has 142 valence electrons. The van der Waals surface area contributed by atoms with Gasteiger partial charge in [-0.05, 0) is 32.9 Å². The van der Waals surface area contributed by atoms with Gasteiger partial charge in [-0.3, -0.25) is 9.82 Å². The van der Waals surface area contributed by atoms with Crippen molar-refractivity contribution in [1.82, 2.24) is 10.2 Å². The number of ether oxygens (including phenoxy) is 3. The summed E-state index contributed by atoms with van der Waals surface area (Å²) in [6.45, 7) is 6.10. The molecule has 0 saturated heterocycles. The lowest BCUT2D eigenvalue weighted by atomic mass is 10.3. The van der Waals surface area contributed by atoms with E-state index in [1.54, 1.807) is 26.0 Å². The molecule has 1 aromatic carbocycles. The van der Waals surface area contributed by atoms with Crippen LogP contribution in [0.2, 0.25) is 0 Å². The van der Waals surface area contributed by atoms with Crippen molar-refractivity contribution in [1.29, 1.82) is 0 Å². The van der Waals surface area contributed by atoms with Crippen molar-refractivity contribution in [2.24, 2.45) is 0 Å². The minimum Gasteiger partial charge on any atom is -0.494 e. The Labute approximate surface area is 151 Å². The molecule has 26 heavy (non-hydrogen) atoms. The molecular formula is C16H21N3O6S. The Bertz CT molecular complexity index is 863. The Balaban J connectivity index is 2.39. The van der Waals surface area contributed by atoms with Gasteiger partial charge in [0.15, 0.2) is 5.03 Å². The first-order valence-corrected chi connectivity index (χ1v) is 9.54. The van der Waals surface area contributed by atoms with Crippen LogP contribution in [0.1, 0.15) is 31.1 Å². The lowest BCUT2D eigenvalue weighted by molar-refractivity contribution is 0.0522. The van der Waals surface area contributed by atoms with Crippen LogP contribution in [0.5, 0.6) is 11.5 Å². The van der Waals surface area contributed by atoms with Gasteiger partial charge >= 0.3 is 5.97 Å². The number of carbonyl (C=O) groups is 1. The minimum atomic E-state index is -4.14. The highest BCUT2D eigenvalue weighted by Gasteiger charge is 2.27. The first-order valence-electron chi connectivity index (χ1n) is 8.05. The number of benzene rings is 1. The van der Waals surface area contributed by atoms with Gasteiger partial charge in [0, 0.05) is 6.07 Å². The molecule has 0 bridgehead atoms. The van der Waals surface area contributed by atoms with Crippen LogP contribution >= 0.6 is 0 Å². The number of hydrogen-bond donors (Lipinski definition) is 2. The first kappa shape index (κ1) is 19.6. The molecule has 10 heteroatoms. The summed E-state index contributed by atoms with van der Waals surface area (Å²) >= 11 is 0. The fourth-order valence-corrected chi connectivity index (χ4v) is 3.31. The monoisotopic (exact) mass is 383 g/mol. The summed E-state index contributed by atoms with van der Waals surface area (Å²) in [7, 11) is -4.14. The highest BCUT2D eigenvalue weighted by Crippen LogP contribution is 2.31. The minimum absolute atomic E-state index is 0.113. The number of aromatic amines is 1. The largest absolute Gasteiger partial charge is 0.494 e. The molecule has 0 atom stereocenters. The molecule has 1 aromatic heterocycles. The SMILES string of the molecule is CCOC(=O)c1cn[nH]c1S(=O)(=O)Nc1cc(OCC)ccc1OCC. The predicted octanol–water partition coefficient (Wildman–Crippen LogP) is 2.18. The summed E-state index contributed by atoms with van der Waals surface area (Å²) in [6.07, 6.45) is 1.10. The van der Waals surface area contributed by atoms with Gasteiger partial charge in [-0.15, -0.1) is 0 Å². The second-order valence-electron chi connectivity index (χ2n) is 4.96. The molecule has 0 aliphatic heterocycles. The maximum absolute atomic E-state index is 12.7. The summed E-state index contributed by atoms with van der Waals surface area (Å²) < 4.78 is 43.6. The van der Waals surface area contributed by atoms with E-state index in [4.69, 9.17) is 14.2 Å². The Morgan fingerprint density at radius 2 is 1.88 bits per heavy atom. The van der Waals surface area contributed by atoms with Crippen LogP contribution in [-0.4, -0.2) is 44.4 Å². The molecular weight excluding hydrogens is 362 g/mol. The number of carbonyl (C=O) groups excluding carboxylic acids is 1. The number of rotatable bonds is 9.